The van der Waals surface area contributed by atoms with E-state index in [-0.39, 0.29) is 11.6 Å². The molecule has 0 amide bonds. The van der Waals surface area contributed by atoms with Crippen LogP contribution in [0.1, 0.15) is 37.7 Å². The Morgan fingerprint density at radius 2 is 1.96 bits per heavy atom. The molecular weight excluding hydrogens is 360 g/mol. The number of anilines is 1. The first kappa shape index (κ1) is 17.1. The topological polar surface area (TPSA) is 77.4 Å². The van der Waals surface area contributed by atoms with Crippen LogP contribution < -0.4 is 5.32 Å². The molecule has 2 N–H and O–H groups in total. The molecule has 3 aliphatic rings. The third-order valence-electron chi connectivity index (χ3n) is 6.26. The maximum absolute atomic E-state index is 14.7. The fourth-order valence-electron chi connectivity index (χ4n) is 4.82. The third-order valence-corrected chi connectivity index (χ3v) is 6.26. The number of H-pyrrole nitrogens is 1. The van der Waals surface area contributed by atoms with Crippen LogP contribution in [-0.4, -0.2) is 21.2 Å². The SMILES string of the molecule is N#Cc1cc(F)c(N[C@@H]2CC3CCC2CC3)cc1-c1[nH]nc2ncc(F)cc12. The first-order chi connectivity index (χ1) is 13.6. The molecule has 2 bridgehead atoms. The second-order valence-electron chi connectivity index (χ2n) is 7.88. The lowest BCUT2D eigenvalue weighted by Gasteiger charge is -2.43. The molecule has 2 aromatic heterocycles. The molecule has 1 aromatic carbocycles. The molecule has 2 heterocycles. The maximum Gasteiger partial charge on any atom is 0.181 e. The molecule has 0 radical (unpaired) electrons. The largest absolute Gasteiger partial charge is 0.380 e. The Morgan fingerprint density at radius 1 is 1.14 bits per heavy atom. The van der Waals surface area contributed by atoms with Gasteiger partial charge in [-0.3, -0.25) is 5.10 Å². The molecule has 0 unspecified atom stereocenters. The van der Waals surface area contributed by atoms with Crippen molar-refractivity contribution < 1.29 is 8.78 Å². The number of fused-ring (bicyclic) bond motifs is 4. The summed E-state index contributed by atoms with van der Waals surface area (Å²) in [5.41, 5.74) is 1.85. The summed E-state index contributed by atoms with van der Waals surface area (Å²) in [6.45, 7) is 0. The zero-order chi connectivity index (χ0) is 19.3. The average molecular weight is 379 g/mol. The Morgan fingerprint density at radius 3 is 2.68 bits per heavy atom. The first-order valence-corrected chi connectivity index (χ1v) is 9.62. The monoisotopic (exact) mass is 379 g/mol. The summed E-state index contributed by atoms with van der Waals surface area (Å²) in [7, 11) is 0. The highest BCUT2D eigenvalue weighted by atomic mass is 19.1. The fraction of sp³-hybridized carbons (Fsp3) is 0.381. The highest BCUT2D eigenvalue weighted by molar-refractivity contribution is 5.93. The highest BCUT2D eigenvalue weighted by Crippen LogP contribution is 2.43. The van der Waals surface area contributed by atoms with Gasteiger partial charge in [0.2, 0.25) is 0 Å². The zero-order valence-electron chi connectivity index (χ0n) is 15.2. The molecule has 0 spiro atoms. The second kappa shape index (κ2) is 6.55. The van der Waals surface area contributed by atoms with Crippen LogP contribution >= 0.6 is 0 Å². The van der Waals surface area contributed by atoms with Gasteiger partial charge in [-0.05, 0) is 49.3 Å². The van der Waals surface area contributed by atoms with Crippen molar-refractivity contribution in [3.05, 3.63) is 41.6 Å². The number of halogens is 2. The van der Waals surface area contributed by atoms with Crippen molar-refractivity contribution in [3.63, 3.8) is 0 Å². The van der Waals surface area contributed by atoms with Crippen LogP contribution in [0.3, 0.4) is 0 Å². The summed E-state index contributed by atoms with van der Waals surface area (Å²) >= 11 is 0. The Kier molecular flexibility index (Phi) is 4.00. The number of benzene rings is 1. The Labute approximate surface area is 160 Å². The normalized spacial score (nSPS) is 23.7. The minimum atomic E-state index is -0.493. The zero-order valence-corrected chi connectivity index (χ0v) is 15.2. The Hall–Kier alpha value is -3.01. The summed E-state index contributed by atoms with van der Waals surface area (Å²) in [5, 5.41) is 20.3. The molecule has 142 valence electrons. The molecule has 0 aliphatic heterocycles. The van der Waals surface area contributed by atoms with E-state index in [1.165, 1.54) is 37.8 Å². The van der Waals surface area contributed by atoms with E-state index in [1.807, 2.05) is 6.07 Å². The van der Waals surface area contributed by atoms with Gasteiger partial charge in [0.25, 0.3) is 0 Å². The van der Waals surface area contributed by atoms with Gasteiger partial charge in [-0.2, -0.15) is 10.4 Å². The first-order valence-electron chi connectivity index (χ1n) is 9.62. The van der Waals surface area contributed by atoms with Crippen molar-refractivity contribution in [1.29, 1.82) is 5.26 Å². The number of aromatic nitrogens is 3. The molecule has 7 heteroatoms. The van der Waals surface area contributed by atoms with Gasteiger partial charge in [0, 0.05) is 17.0 Å². The van der Waals surface area contributed by atoms with Crippen molar-refractivity contribution in [2.24, 2.45) is 11.8 Å². The molecule has 28 heavy (non-hydrogen) atoms. The number of nitrogens with zero attached hydrogens (tertiary/aromatic N) is 3. The van der Waals surface area contributed by atoms with Crippen LogP contribution in [0.5, 0.6) is 0 Å². The minimum absolute atomic E-state index is 0.169. The molecule has 5 nitrogen and oxygen atoms in total. The van der Waals surface area contributed by atoms with E-state index in [0.29, 0.717) is 39.8 Å². The average Bonchev–Trinajstić information content (AvgIpc) is 3.13. The van der Waals surface area contributed by atoms with E-state index in [9.17, 15) is 14.0 Å². The van der Waals surface area contributed by atoms with Crippen LogP contribution in [0, 0.1) is 34.8 Å². The molecule has 1 atom stereocenters. The van der Waals surface area contributed by atoms with Crippen molar-refractivity contribution >= 4 is 16.7 Å². The Balaban J connectivity index is 1.57. The number of hydrogen-bond donors (Lipinski definition) is 2. The van der Waals surface area contributed by atoms with Crippen molar-refractivity contribution in [3.8, 4) is 17.3 Å². The summed E-state index contributed by atoms with van der Waals surface area (Å²) < 4.78 is 28.4. The number of rotatable bonds is 3. The summed E-state index contributed by atoms with van der Waals surface area (Å²) in [4.78, 5) is 3.95. The van der Waals surface area contributed by atoms with Gasteiger partial charge >= 0.3 is 0 Å². The lowest BCUT2D eigenvalue weighted by molar-refractivity contribution is 0.157. The quantitative estimate of drug-likeness (QED) is 0.687. The molecule has 3 fully saturated rings. The number of nitrogens with one attached hydrogen (secondary N) is 2. The van der Waals surface area contributed by atoms with Gasteiger partial charge in [0.15, 0.2) is 5.65 Å². The number of aromatic amines is 1. The van der Waals surface area contributed by atoms with Crippen LogP contribution in [0.15, 0.2) is 24.4 Å². The molecule has 3 aliphatic carbocycles. The number of pyridine rings is 1. The van der Waals surface area contributed by atoms with E-state index in [0.717, 1.165) is 12.6 Å². The van der Waals surface area contributed by atoms with Crippen LogP contribution in [0.2, 0.25) is 0 Å². The molecule has 3 saturated carbocycles. The molecule has 6 rings (SSSR count). The lowest BCUT2D eigenvalue weighted by Crippen LogP contribution is -2.40. The smallest absolute Gasteiger partial charge is 0.181 e. The van der Waals surface area contributed by atoms with Gasteiger partial charge < -0.3 is 5.32 Å². The van der Waals surface area contributed by atoms with E-state index in [4.69, 9.17) is 0 Å². The lowest BCUT2D eigenvalue weighted by atomic mass is 9.68. The van der Waals surface area contributed by atoms with E-state index >= 15 is 0 Å². The number of nitriles is 1. The summed E-state index contributed by atoms with van der Waals surface area (Å²) in [6, 6.07) is 6.47. The van der Waals surface area contributed by atoms with Crippen molar-refractivity contribution in [2.45, 2.75) is 38.1 Å². The number of hydrogen-bond acceptors (Lipinski definition) is 4. The summed E-state index contributed by atoms with van der Waals surface area (Å²) in [6.07, 6.45) is 7.05. The predicted molar refractivity (Wildman–Crippen MR) is 101 cm³/mol. The minimum Gasteiger partial charge on any atom is -0.380 e. The standard InChI is InChI=1S/C21H19F2N5/c22-14-7-16-20(27-28-21(16)25-10-14)15-8-19(17(23)6-13(15)9-24)26-18-5-11-1-3-12(18)4-2-11/h6-8,10-12,18,26H,1-5H2,(H,25,27,28)/t11?,12?,18-/m1/s1. The van der Waals surface area contributed by atoms with Crippen LogP contribution in [-0.2, 0) is 0 Å². The van der Waals surface area contributed by atoms with Crippen LogP contribution in [0.25, 0.3) is 22.3 Å². The van der Waals surface area contributed by atoms with Crippen molar-refractivity contribution in [1.82, 2.24) is 15.2 Å². The van der Waals surface area contributed by atoms with Gasteiger partial charge in [-0.15, -0.1) is 0 Å². The predicted octanol–water partition coefficient (Wildman–Crippen LogP) is 4.77. The second-order valence-corrected chi connectivity index (χ2v) is 7.88. The van der Waals surface area contributed by atoms with E-state index in [1.54, 1.807) is 6.07 Å². The maximum atomic E-state index is 14.7. The molecule has 0 saturated heterocycles. The van der Waals surface area contributed by atoms with E-state index < -0.39 is 11.6 Å². The van der Waals surface area contributed by atoms with Gasteiger partial charge in [0.1, 0.15) is 11.6 Å². The summed E-state index contributed by atoms with van der Waals surface area (Å²) in [5.74, 6) is 0.339. The van der Waals surface area contributed by atoms with Gasteiger partial charge in [-0.25, -0.2) is 13.8 Å². The van der Waals surface area contributed by atoms with Gasteiger partial charge in [-0.1, -0.05) is 12.8 Å². The van der Waals surface area contributed by atoms with Crippen molar-refractivity contribution in [2.75, 3.05) is 5.32 Å². The van der Waals surface area contributed by atoms with Crippen LogP contribution in [0.4, 0.5) is 14.5 Å². The molecular formula is C21H19F2N5. The van der Waals surface area contributed by atoms with E-state index in [2.05, 4.69) is 20.5 Å². The highest BCUT2D eigenvalue weighted by Gasteiger charge is 2.35. The van der Waals surface area contributed by atoms with Gasteiger partial charge in [0.05, 0.1) is 29.2 Å². The molecule has 3 aromatic rings. The third kappa shape index (κ3) is 2.80. The fourth-order valence-corrected chi connectivity index (χ4v) is 4.82. The Bertz CT molecular complexity index is 1090.